The van der Waals surface area contributed by atoms with Crippen LogP contribution in [-0.2, 0) is 5.41 Å². The van der Waals surface area contributed by atoms with Crippen molar-refractivity contribution in [1.82, 2.24) is 14.5 Å². The van der Waals surface area contributed by atoms with E-state index in [2.05, 4.69) is 119 Å². The largest absolute Gasteiger partial charge is 0.309 e. The van der Waals surface area contributed by atoms with Crippen LogP contribution in [0, 0.1) is 6.57 Å². The van der Waals surface area contributed by atoms with E-state index in [1.807, 2.05) is 48.4 Å². The van der Waals surface area contributed by atoms with Crippen LogP contribution >= 0.6 is 11.8 Å². The number of pyridine rings is 2. The average Bonchev–Trinajstić information content (AvgIpc) is 3.62. The first-order chi connectivity index (χ1) is 23.3. The second-order valence-corrected chi connectivity index (χ2v) is 13.2. The van der Waals surface area contributed by atoms with E-state index in [1.54, 1.807) is 0 Å². The van der Waals surface area contributed by atoms with Crippen LogP contribution in [0.2, 0.25) is 0 Å². The van der Waals surface area contributed by atoms with Crippen LogP contribution in [0.5, 0.6) is 0 Å². The minimum Gasteiger partial charge on any atom is -0.309 e. The Balaban J connectivity index is 1.25. The molecule has 3 aromatic heterocycles. The first-order valence-electron chi connectivity index (χ1n) is 15.6. The first kappa shape index (κ1) is 26.3. The van der Waals surface area contributed by atoms with Crippen molar-refractivity contribution < 1.29 is 0 Å². The van der Waals surface area contributed by atoms with Crippen LogP contribution in [-0.4, -0.2) is 14.5 Å². The smallest absolute Gasteiger partial charge is 0.188 e. The van der Waals surface area contributed by atoms with Crippen LogP contribution in [0.15, 0.2) is 156 Å². The Hall–Kier alpha value is -5.96. The first-order valence-corrected chi connectivity index (χ1v) is 16.4. The summed E-state index contributed by atoms with van der Waals surface area (Å²) in [6.07, 6.45) is 3.87. The molecule has 1 aliphatic carbocycles. The van der Waals surface area contributed by atoms with Gasteiger partial charge < -0.3 is 4.57 Å². The lowest BCUT2D eigenvalue weighted by atomic mass is 9.67. The van der Waals surface area contributed by atoms with Gasteiger partial charge in [0.05, 0.1) is 34.4 Å². The van der Waals surface area contributed by atoms with Gasteiger partial charge in [-0.2, -0.15) is 0 Å². The Morgan fingerprint density at radius 2 is 1.23 bits per heavy atom. The average molecular weight is 617 g/mol. The molecule has 10 rings (SSSR count). The molecule has 218 valence electrons. The molecule has 5 heteroatoms. The molecule has 47 heavy (non-hydrogen) atoms. The van der Waals surface area contributed by atoms with Crippen molar-refractivity contribution in [1.29, 1.82) is 0 Å². The van der Waals surface area contributed by atoms with Gasteiger partial charge in [-0.15, -0.1) is 0 Å². The van der Waals surface area contributed by atoms with Crippen molar-refractivity contribution in [2.24, 2.45) is 0 Å². The van der Waals surface area contributed by atoms with E-state index >= 15 is 0 Å². The molecule has 0 fully saturated rings. The molecule has 1 spiro atoms. The minimum absolute atomic E-state index is 0.529. The fraction of sp³-hybridized carbons (Fsp3) is 0.0238. The van der Waals surface area contributed by atoms with Crippen LogP contribution < -0.4 is 0 Å². The molecule has 0 N–H and O–H groups in total. The zero-order chi connectivity index (χ0) is 31.1. The van der Waals surface area contributed by atoms with Crippen molar-refractivity contribution in [3.05, 3.63) is 180 Å². The maximum absolute atomic E-state index is 7.70. The lowest BCUT2D eigenvalue weighted by Gasteiger charge is -2.39. The van der Waals surface area contributed by atoms with Gasteiger partial charge in [0.15, 0.2) is 5.69 Å². The molecule has 0 unspecified atom stereocenters. The molecule has 5 aromatic carbocycles. The number of hydrogen-bond donors (Lipinski definition) is 0. The molecule has 0 saturated heterocycles. The van der Waals surface area contributed by atoms with E-state index in [0.717, 1.165) is 55.6 Å². The fourth-order valence-corrected chi connectivity index (χ4v) is 9.02. The highest BCUT2D eigenvalue weighted by Gasteiger charge is 2.51. The maximum Gasteiger partial charge on any atom is 0.188 e. The van der Waals surface area contributed by atoms with Crippen molar-refractivity contribution in [3.63, 3.8) is 0 Å². The lowest BCUT2D eigenvalue weighted by Crippen LogP contribution is -2.32. The Bertz CT molecular complexity index is 2580. The summed E-state index contributed by atoms with van der Waals surface area (Å²) in [5.41, 5.74) is 12.3. The molecule has 4 heterocycles. The Kier molecular flexibility index (Phi) is 5.46. The molecule has 0 radical (unpaired) electrons. The van der Waals surface area contributed by atoms with E-state index in [0.29, 0.717) is 5.69 Å². The van der Waals surface area contributed by atoms with E-state index in [-0.39, 0.29) is 0 Å². The van der Waals surface area contributed by atoms with E-state index in [4.69, 9.17) is 16.5 Å². The van der Waals surface area contributed by atoms with Crippen LogP contribution in [0.1, 0.15) is 22.3 Å². The van der Waals surface area contributed by atoms with E-state index < -0.39 is 5.41 Å². The standard InChI is InChI=1S/C42H24N4S/c1-43-28-18-20-37-31(24-28)30-22-26(17-19-36(30)46(37)29-10-3-2-4-11-29)27-23-35-41(45-25-27)40-34(14-9-21-44-40)42(35)32-12-5-7-15-38(32)47-39-16-8-6-13-33(39)42/h2-25H. The van der Waals surface area contributed by atoms with Crippen LogP contribution in [0.25, 0.3) is 54.9 Å². The molecule has 0 saturated carbocycles. The highest BCUT2D eigenvalue weighted by Crippen LogP contribution is 2.61. The quantitative estimate of drug-likeness (QED) is 0.181. The maximum atomic E-state index is 7.70. The Morgan fingerprint density at radius 3 is 2.00 bits per heavy atom. The second-order valence-electron chi connectivity index (χ2n) is 12.1. The minimum atomic E-state index is -0.529. The highest BCUT2D eigenvalue weighted by molar-refractivity contribution is 7.99. The van der Waals surface area contributed by atoms with Gasteiger partial charge in [0.2, 0.25) is 0 Å². The van der Waals surface area contributed by atoms with Crippen LogP contribution in [0.4, 0.5) is 5.69 Å². The Labute approximate surface area is 275 Å². The van der Waals surface area contributed by atoms with Gasteiger partial charge in [-0.05, 0) is 88.3 Å². The molecule has 4 nitrogen and oxygen atoms in total. The van der Waals surface area contributed by atoms with Crippen LogP contribution in [0.3, 0.4) is 0 Å². The third-order valence-electron chi connectivity index (χ3n) is 9.76. The lowest BCUT2D eigenvalue weighted by molar-refractivity contribution is 0.719. The summed E-state index contributed by atoms with van der Waals surface area (Å²) in [5, 5.41) is 2.17. The molecular formula is C42H24N4S. The predicted molar refractivity (Wildman–Crippen MR) is 189 cm³/mol. The molecule has 1 aliphatic heterocycles. The number of rotatable bonds is 2. The Morgan fingerprint density at radius 1 is 0.574 bits per heavy atom. The van der Waals surface area contributed by atoms with Crippen molar-refractivity contribution in [2.75, 3.05) is 0 Å². The van der Waals surface area contributed by atoms with E-state index in [9.17, 15) is 0 Å². The van der Waals surface area contributed by atoms with Gasteiger partial charge in [-0.3, -0.25) is 9.97 Å². The number of fused-ring (bicyclic) bond motifs is 12. The summed E-state index contributed by atoms with van der Waals surface area (Å²) in [5.74, 6) is 0. The number of benzene rings is 5. The number of hydrogen-bond acceptors (Lipinski definition) is 3. The van der Waals surface area contributed by atoms with Gasteiger partial charge in [0.1, 0.15) is 0 Å². The fourth-order valence-electron chi connectivity index (χ4n) is 7.83. The van der Waals surface area contributed by atoms with Gasteiger partial charge in [0, 0.05) is 44.4 Å². The monoisotopic (exact) mass is 616 g/mol. The number of para-hydroxylation sites is 1. The van der Waals surface area contributed by atoms with Crippen molar-refractivity contribution in [2.45, 2.75) is 15.2 Å². The molecule has 0 amide bonds. The summed E-state index contributed by atoms with van der Waals surface area (Å²) in [7, 11) is 0. The zero-order valence-electron chi connectivity index (χ0n) is 25.1. The summed E-state index contributed by atoms with van der Waals surface area (Å²) in [4.78, 5) is 16.4. The van der Waals surface area contributed by atoms with Gasteiger partial charge >= 0.3 is 0 Å². The third kappa shape index (κ3) is 3.53. The normalized spacial score (nSPS) is 13.6. The molecule has 0 atom stereocenters. The molecule has 0 bridgehead atoms. The topological polar surface area (TPSA) is 35.1 Å². The van der Waals surface area contributed by atoms with Crippen molar-refractivity contribution in [3.8, 4) is 28.2 Å². The second kappa shape index (κ2) is 9.77. The third-order valence-corrected chi connectivity index (χ3v) is 10.9. The molecule has 8 aromatic rings. The zero-order valence-corrected chi connectivity index (χ0v) is 25.9. The SMILES string of the molecule is [C-]#[N+]c1ccc2c(c1)c1cc(-c3cnc4c(c3)C3(c5ccccc5Sc5ccccc53)c3cccnc3-4)ccc1n2-c1ccccc1. The predicted octanol–water partition coefficient (Wildman–Crippen LogP) is 10.6. The number of aromatic nitrogens is 3. The molecule has 2 aliphatic rings. The molecular weight excluding hydrogens is 593 g/mol. The number of nitrogens with zero attached hydrogens (tertiary/aromatic N) is 4. The van der Waals surface area contributed by atoms with Gasteiger partial charge in [-0.1, -0.05) is 84.6 Å². The van der Waals surface area contributed by atoms with Gasteiger partial charge in [0.25, 0.3) is 0 Å². The summed E-state index contributed by atoms with van der Waals surface area (Å²) in [6, 6.07) is 47.3. The summed E-state index contributed by atoms with van der Waals surface area (Å²) < 4.78 is 2.29. The van der Waals surface area contributed by atoms with Gasteiger partial charge in [-0.25, -0.2) is 4.85 Å². The highest BCUT2D eigenvalue weighted by atomic mass is 32.2. The van der Waals surface area contributed by atoms with Crippen molar-refractivity contribution >= 4 is 39.3 Å². The van der Waals surface area contributed by atoms with E-state index in [1.165, 1.54) is 26.5 Å². The summed E-state index contributed by atoms with van der Waals surface area (Å²) in [6.45, 7) is 7.70. The summed E-state index contributed by atoms with van der Waals surface area (Å²) >= 11 is 1.83.